The van der Waals surface area contributed by atoms with Crippen LogP contribution in [0.2, 0.25) is 5.15 Å². The van der Waals surface area contributed by atoms with E-state index in [9.17, 15) is 14.0 Å². The third-order valence-corrected chi connectivity index (χ3v) is 5.44. The van der Waals surface area contributed by atoms with Gasteiger partial charge in [0.25, 0.3) is 11.5 Å². The van der Waals surface area contributed by atoms with Gasteiger partial charge in [0.05, 0.1) is 22.8 Å². The van der Waals surface area contributed by atoms with Crippen LogP contribution in [0.1, 0.15) is 21.7 Å². The van der Waals surface area contributed by atoms with Crippen molar-refractivity contribution in [2.75, 3.05) is 5.32 Å². The summed E-state index contributed by atoms with van der Waals surface area (Å²) in [6, 6.07) is 14.7. The summed E-state index contributed by atoms with van der Waals surface area (Å²) in [4.78, 5) is 26.1. The SMILES string of the molecule is Cc1nn(-c2ccc(F)cc2)c(Cl)c1C(=O)Nc1c(C)n(C)n(-c2ccccc2)c1=O. The predicted molar refractivity (Wildman–Crippen MR) is 117 cm³/mol. The number of nitrogens with zero attached hydrogens (tertiary/aromatic N) is 4. The normalized spacial score (nSPS) is 11.0. The first kappa shape index (κ1) is 20.6. The van der Waals surface area contributed by atoms with Gasteiger partial charge in [-0.2, -0.15) is 5.10 Å². The molecule has 0 bridgehead atoms. The quantitative estimate of drug-likeness (QED) is 0.522. The van der Waals surface area contributed by atoms with E-state index in [1.165, 1.54) is 33.6 Å². The van der Waals surface area contributed by atoms with Gasteiger partial charge in [-0.15, -0.1) is 0 Å². The second-order valence-corrected chi connectivity index (χ2v) is 7.39. The Morgan fingerprint density at radius 3 is 2.32 bits per heavy atom. The second kappa shape index (κ2) is 7.88. The van der Waals surface area contributed by atoms with Crippen molar-refractivity contribution in [3.8, 4) is 11.4 Å². The van der Waals surface area contributed by atoms with E-state index >= 15 is 0 Å². The molecule has 0 aliphatic rings. The summed E-state index contributed by atoms with van der Waals surface area (Å²) in [5.74, 6) is -0.946. The number of hydrogen-bond acceptors (Lipinski definition) is 3. The Labute approximate surface area is 182 Å². The smallest absolute Gasteiger partial charge is 0.295 e. The van der Waals surface area contributed by atoms with Crippen molar-refractivity contribution in [1.82, 2.24) is 19.1 Å². The van der Waals surface area contributed by atoms with Crippen molar-refractivity contribution in [3.05, 3.63) is 92.9 Å². The first-order chi connectivity index (χ1) is 14.8. The monoisotopic (exact) mass is 439 g/mol. The van der Waals surface area contributed by atoms with Crippen LogP contribution in [-0.2, 0) is 7.05 Å². The van der Waals surface area contributed by atoms with Crippen LogP contribution >= 0.6 is 11.6 Å². The average Bonchev–Trinajstić information content (AvgIpc) is 3.16. The van der Waals surface area contributed by atoms with Gasteiger partial charge in [-0.1, -0.05) is 29.8 Å². The summed E-state index contributed by atoms with van der Waals surface area (Å²) in [5.41, 5.74) is 2.08. The number of para-hydroxylation sites is 1. The van der Waals surface area contributed by atoms with Gasteiger partial charge < -0.3 is 5.32 Å². The van der Waals surface area contributed by atoms with E-state index in [1.54, 1.807) is 37.7 Å². The molecule has 0 atom stereocenters. The molecule has 0 aliphatic heterocycles. The Morgan fingerprint density at radius 1 is 1.03 bits per heavy atom. The molecule has 0 spiro atoms. The van der Waals surface area contributed by atoms with Gasteiger partial charge in [0, 0.05) is 7.05 Å². The van der Waals surface area contributed by atoms with Gasteiger partial charge in [0.15, 0.2) is 0 Å². The molecular formula is C22H19ClFN5O2. The van der Waals surface area contributed by atoms with E-state index in [4.69, 9.17) is 11.6 Å². The molecule has 0 unspecified atom stereocenters. The highest BCUT2D eigenvalue weighted by atomic mass is 35.5. The van der Waals surface area contributed by atoms with Crippen LogP contribution in [0.25, 0.3) is 11.4 Å². The number of nitrogens with one attached hydrogen (secondary N) is 1. The molecule has 0 saturated carbocycles. The lowest BCUT2D eigenvalue weighted by Gasteiger charge is -2.07. The Kier molecular flexibility index (Phi) is 5.24. The maximum atomic E-state index is 13.2. The minimum Gasteiger partial charge on any atom is -0.316 e. The predicted octanol–water partition coefficient (Wildman–Crippen LogP) is 4.02. The van der Waals surface area contributed by atoms with Crippen LogP contribution in [0.15, 0.2) is 59.4 Å². The Balaban J connectivity index is 1.72. The van der Waals surface area contributed by atoms with Crippen molar-refractivity contribution < 1.29 is 9.18 Å². The van der Waals surface area contributed by atoms with E-state index in [0.29, 0.717) is 22.8 Å². The number of aryl methyl sites for hydroxylation is 1. The molecule has 0 radical (unpaired) electrons. The highest BCUT2D eigenvalue weighted by Gasteiger charge is 2.24. The van der Waals surface area contributed by atoms with Crippen molar-refractivity contribution in [3.63, 3.8) is 0 Å². The maximum absolute atomic E-state index is 13.2. The van der Waals surface area contributed by atoms with Gasteiger partial charge >= 0.3 is 0 Å². The van der Waals surface area contributed by atoms with Crippen LogP contribution in [0.5, 0.6) is 0 Å². The number of carbonyl (C=O) groups excluding carboxylic acids is 1. The van der Waals surface area contributed by atoms with Crippen molar-refractivity contribution >= 4 is 23.2 Å². The third-order valence-electron chi connectivity index (χ3n) is 5.10. The van der Waals surface area contributed by atoms with Gasteiger partial charge in [0.1, 0.15) is 22.2 Å². The first-order valence-corrected chi connectivity index (χ1v) is 9.84. The summed E-state index contributed by atoms with van der Waals surface area (Å²) in [5, 5.41) is 7.06. The highest BCUT2D eigenvalue weighted by Crippen LogP contribution is 2.25. The zero-order valence-corrected chi connectivity index (χ0v) is 17.8. The maximum Gasteiger partial charge on any atom is 0.295 e. The number of carbonyl (C=O) groups is 1. The molecule has 1 amide bonds. The van der Waals surface area contributed by atoms with Crippen LogP contribution < -0.4 is 10.9 Å². The molecule has 158 valence electrons. The molecule has 0 fully saturated rings. The zero-order chi connectivity index (χ0) is 22.3. The van der Waals surface area contributed by atoms with E-state index in [-0.39, 0.29) is 22.0 Å². The molecule has 9 heteroatoms. The van der Waals surface area contributed by atoms with Crippen molar-refractivity contribution in [2.45, 2.75) is 13.8 Å². The molecule has 2 aromatic heterocycles. The summed E-state index contributed by atoms with van der Waals surface area (Å²) in [6.45, 7) is 3.38. The number of rotatable bonds is 4. The number of halogens is 2. The number of hydrogen-bond donors (Lipinski definition) is 1. The molecule has 7 nitrogen and oxygen atoms in total. The lowest BCUT2D eigenvalue weighted by atomic mass is 10.2. The molecule has 4 aromatic rings. The fourth-order valence-corrected chi connectivity index (χ4v) is 3.76. The molecule has 0 saturated heterocycles. The Morgan fingerprint density at radius 2 is 1.68 bits per heavy atom. The third kappa shape index (κ3) is 3.55. The number of benzene rings is 2. The van der Waals surface area contributed by atoms with E-state index < -0.39 is 11.7 Å². The van der Waals surface area contributed by atoms with Gasteiger partial charge in [0.2, 0.25) is 0 Å². The summed E-state index contributed by atoms with van der Waals surface area (Å²) < 4.78 is 17.7. The zero-order valence-electron chi connectivity index (χ0n) is 17.1. The molecule has 1 N–H and O–H groups in total. The fourth-order valence-electron chi connectivity index (χ4n) is 3.40. The summed E-state index contributed by atoms with van der Waals surface area (Å²) in [6.07, 6.45) is 0. The van der Waals surface area contributed by atoms with Crippen LogP contribution in [-0.4, -0.2) is 25.1 Å². The van der Waals surface area contributed by atoms with Gasteiger partial charge in [-0.3, -0.25) is 14.3 Å². The van der Waals surface area contributed by atoms with Crippen molar-refractivity contribution in [1.29, 1.82) is 0 Å². The Hall–Kier alpha value is -3.65. The molecular weight excluding hydrogens is 421 g/mol. The topological polar surface area (TPSA) is 73.8 Å². The van der Waals surface area contributed by atoms with Gasteiger partial charge in [-0.25, -0.2) is 13.8 Å². The summed E-state index contributed by atoms with van der Waals surface area (Å²) >= 11 is 6.43. The molecule has 2 aromatic carbocycles. The van der Waals surface area contributed by atoms with E-state index in [1.807, 2.05) is 18.2 Å². The van der Waals surface area contributed by atoms with E-state index in [2.05, 4.69) is 10.4 Å². The molecule has 4 rings (SSSR count). The van der Waals surface area contributed by atoms with Crippen LogP contribution in [0.3, 0.4) is 0 Å². The second-order valence-electron chi connectivity index (χ2n) is 7.03. The highest BCUT2D eigenvalue weighted by molar-refractivity contribution is 6.34. The minimum atomic E-state index is -0.554. The lowest BCUT2D eigenvalue weighted by molar-refractivity contribution is 0.102. The number of amides is 1. The van der Waals surface area contributed by atoms with Gasteiger partial charge in [-0.05, 0) is 50.2 Å². The van der Waals surface area contributed by atoms with Crippen molar-refractivity contribution in [2.24, 2.45) is 7.05 Å². The Bertz CT molecular complexity index is 1340. The minimum absolute atomic E-state index is 0.0681. The number of aromatic nitrogens is 4. The van der Waals surface area contributed by atoms with E-state index in [0.717, 1.165) is 0 Å². The average molecular weight is 440 g/mol. The molecule has 31 heavy (non-hydrogen) atoms. The van der Waals surface area contributed by atoms with Crippen LogP contribution in [0.4, 0.5) is 10.1 Å². The fraction of sp³-hybridized carbons (Fsp3) is 0.136. The first-order valence-electron chi connectivity index (χ1n) is 9.46. The molecule has 2 heterocycles. The lowest BCUT2D eigenvalue weighted by Crippen LogP contribution is -2.23. The standard InChI is InChI=1S/C22H19ClFN5O2/c1-13-18(20(23)28(26-13)16-11-9-15(24)10-12-16)21(30)25-19-14(2)27(3)29(22(19)31)17-7-5-4-6-8-17/h4-12H,1-3H3,(H,25,30). The number of anilines is 1. The summed E-state index contributed by atoms with van der Waals surface area (Å²) in [7, 11) is 1.74. The largest absolute Gasteiger partial charge is 0.316 e. The molecule has 0 aliphatic carbocycles. The van der Waals surface area contributed by atoms with Crippen LogP contribution in [0, 0.1) is 19.7 Å².